The van der Waals surface area contributed by atoms with Gasteiger partial charge < -0.3 is 15.7 Å². The first kappa shape index (κ1) is 33.8. The average molecular weight is 513 g/mol. The van der Waals surface area contributed by atoms with Crippen LogP contribution in [0.4, 0.5) is 0 Å². The number of unbranched alkanes of at least 4 members (excludes halogenated alkanes) is 10. The first-order chi connectivity index (χ1) is 16.9. The lowest BCUT2D eigenvalue weighted by Gasteiger charge is -2.17. The van der Waals surface area contributed by atoms with E-state index in [1.54, 1.807) is 6.92 Å². The molecule has 0 aliphatic rings. The molecule has 0 heterocycles. The summed E-state index contributed by atoms with van der Waals surface area (Å²) in [4.78, 5) is 22.8. The van der Waals surface area contributed by atoms with Crippen LogP contribution >= 0.6 is 11.8 Å². The van der Waals surface area contributed by atoms with Gasteiger partial charge in [-0.05, 0) is 63.4 Å². The van der Waals surface area contributed by atoms with E-state index < -0.39 is 5.97 Å². The van der Waals surface area contributed by atoms with Crippen LogP contribution in [0.2, 0.25) is 0 Å². The first-order valence-electron chi connectivity index (χ1n) is 14.4. The number of hydrogen-bond donors (Lipinski definition) is 3. The van der Waals surface area contributed by atoms with Crippen molar-refractivity contribution in [2.45, 2.75) is 136 Å². The highest BCUT2D eigenvalue weighted by atomic mass is 32.2. The summed E-state index contributed by atoms with van der Waals surface area (Å²) >= 11 is 2.14. The number of carbonyl (C=O) groups is 2. The molecule has 0 saturated carbocycles. The zero-order chi connectivity index (χ0) is 26.2. The van der Waals surface area contributed by atoms with Crippen molar-refractivity contribution in [3.05, 3.63) is 12.3 Å². The number of thioether (sulfide) groups is 1. The van der Waals surface area contributed by atoms with Crippen LogP contribution in [0, 0.1) is 5.92 Å². The van der Waals surface area contributed by atoms with Crippen LogP contribution in [0.1, 0.15) is 130 Å². The molecule has 0 fully saturated rings. The fourth-order valence-corrected chi connectivity index (χ4v) is 5.04. The van der Waals surface area contributed by atoms with E-state index in [2.05, 4.69) is 42.8 Å². The summed E-state index contributed by atoms with van der Waals surface area (Å²) in [6.07, 6.45) is 19.4. The van der Waals surface area contributed by atoms with E-state index in [4.69, 9.17) is 5.11 Å². The van der Waals surface area contributed by atoms with E-state index in [1.807, 2.05) is 0 Å². The predicted molar refractivity (Wildman–Crippen MR) is 153 cm³/mol. The number of carboxylic acid groups (broad SMARTS) is 1. The highest BCUT2D eigenvalue weighted by Crippen LogP contribution is 2.14. The SMILES string of the molecule is C=C(CCCCCCCSCCCCCCCC)NC(C)CCC(=O)NCCCCC(C)C(=O)O. The molecule has 0 saturated heterocycles. The van der Waals surface area contributed by atoms with Crippen molar-refractivity contribution < 1.29 is 14.7 Å². The van der Waals surface area contributed by atoms with Crippen molar-refractivity contribution in [2.24, 2.45) is 5.92 Å². The minimum Gasteiger partial charge on any atom is -0.481 e. The van der Waals surface area contributed by atoms with E-state index in [0.717, 1.165) is 31.4 Å². The van der Waals surface area contributed by atoms with Crippen molar-refractivity contribution in [1.82, 2.24) is 10.6 Å². The van der Waals surface area contributed by atoms with Crippen molar-refractivity contribution in [2.75, 3.05) is 18.1 Å². The van der Waals surface area contributed by atoms with Gasteiger partial charge in [0.2, 0.25) is 5.91 Å². The van der Waals surface area contributed by atoms with Crippen molar-refractivity contribution in [1.29, 1.82) is 0 Å². The topological polar surface area (TPSA) is 78.4 Å². The Kier molecular flexibility index (Phi) is 23.7. The third kappa shape index (κ3) is 24.3. The van der Waals surface area contributed by atoms with Gasteiger partial charge in [0.05, 0.1) is 5.92 Å². The Morgan fingerprint density at radius 3 is 2.03 bits per heavy atom. The number of hydrogen-bond acceptors (Lipinski definition) is 4. The van der Waals surface area contributed by atoms with Crippen LogP contribution in [0.5, 0.6) is 0 Å². The fourth-order valence-electron chi connectivity index (χ4n) is 4.01. The standard InChI is InChI=1S/C29H56N2O3S/c1-5-6-7-8-11-16-23-35-24-17-12-9-10-13-19-26(3)31-27(4)20-21-28(32)30-22-15-14-18-25(2)29(33)34/h25,27,31H,3,5-24H2,1-2,4H3,(H,30,32)(H,33,34). The summed E-state index contributed by atoms with van der Waals surface area (Å²) in [6.45, 7) is 10.9. The molecule has 0 radical (unpaired) electrons. The van der Waals surface area contributed by atoms with E-state index in [0.29, 0.717) is 19.4 Å². The van der Waals surface area contributed by atoms with Gasteiger partial charge in [-0.25, -0.2) is 0 Å². The largest absolute Gasteiger partial charge is 0.481 e. The minimum atomic E-state index is -0.749. The van der Waals surface area contributed by atoms with Gasteiger partial charge in [-0.2, -0.15) is 11.8 Å². The fraction of sp³-hybridized carbons (Fsp3) is 0.862. The molecular weight excluding hydrogens is 456 g/mol. The zero-order valence-corrected chi connectivity index (χ0v) is 24.0. The Labute approximate surface area is 221 Å². The number of nitrogens with one attached hydrogen (secondary N) is 2. The van der Waals surface area contributed by atoms with Gasteiger partial charge in [0.25, 0.3) is 0 Å². The molecule has 35 heavy (non-hydrogen) atoms. The van der Waals surface area contributed by atoms with Crippen LogP contribution in [-0.2, 0) is 9.59 Å². The maximum Gasteiger partial charge on any atom is 0.306 e. The number of carboxylic acids is 1. The second-order valence-electron chi connectivity index (χ2n) is 10.2. The normalized spacial score (nSPS) is 12.8. The minimum absolute atomic E-state index is 0.0701. The van der Waals surface area contributed by atoms with Gasteiger partial charge in [-0.3, -0.25) is 9.59 Å². The van der Waals surface area contributed by atoms with Crippen LogP contribution in [-0.4, -0.2) is 41.1 Å². The number of allylic oxidation sites excluding steroid dienone is 1. The summed E-state index contributed by atoms with van der Waals surface area (Å²) in [6, 6.07) is 0.244. The molecule has 6 heteroatoms. The second kappa shape index (κ2) is 24.5. The summed E-state index contributed by atoms with van der Waals surface area (Å²) in [7, 11) is 0. The Morgan fingerprint density at radius 1 is 0.800 bits per heavy atom. The Hall–Kier alpha value is -1.17. The van der Waals surface area contributed by atoms with Gasteiger partial charge in [0.15, 0.2) is 0 Å². The van der Waals surface area contributed by atoms with Gasteiger partial charge in [-0.15, -0.1) is 0 Å². The molecule has 0 aromatic heterocycles. The average Bonchev–Trinajstić information content (AvgIpc) is 2.82. The lowest BCUT2D eigenvalue weighted by molar-refractivity contribution is -0.141. The van der Waals surface area contributed by atoms with Gasteiger partial charge >= 0.3 is 5.97 Å². The molecule has 0 bridgehead atoms. The third-order valence-electron chi connectivity index (χ3n) is 6.47. The van der Waals surface area contributed by atoms with E-state index >= 15 is 0 Å². The Bertz CT molecular complexity index is 542. The molecule has 5 nitrogen and oxygen atoms in total. The summed E-state index contributed by atoms with van der Waals surface area (Å²) in [5.74, 6) is 1.67. The summed E-state index contributed by atoms with van der Waals surface area (Å²) < 4.78 is 0. The van der Waals surface area contributed by atoms with Crippen molar-refractivity contribution >= 4 is 23.6 Å². The van der Waals surface area contributed by atoms with Crippen LogP contribution in [0.25, 0.3) is 0 Å². The number of amides is 1. The van der Waals surface area contributed by atoms with Crippen LogP contribution < -0.4 is 10.6 Å². The maximum absolute atomic E-state index is 12.0. The van der Waals surface area contributed by atoms with E-state index in [1.165, 1.54) is 82.1 Å². The molecule has 2 unspecified atom stereocenters. The van der Waals surface area contributed by atoms with Crippen molar-refractivity contribution in [3.63, 3.8) is 0 Å². The zero-order valence-electron chi connectivity index (χ0n) is 23.2. The highest BCUT2D eigenvalue weighted by Gasteiger charge is 2.10. The molecule has 0 aromatic rings. The second-order valence-corrected chi connectivity index (χ2v) is 11.4. The Morgan fingerprint density at radius 2 is 1.40 bits per heavy atom. The number of rotatable bonds is 26. The van der Waals surface area contributed by atoms with Gasteiger partial charge in [0, 0.05) is 24.7 Å². The third-order valence-corrected chi connectivity index (χ3v) is 7.63. The molecule has 0 rings (SSSR count). The smallest absolute Gasteiger partial charge is 0.306 e. The lowest BCUT2D eigenvalue weighted by Crippen LogP contribution is -2.29. The number of carbonyl (C=O) groups excluding carboxylic acids is 1. The molecule has 0 aliphatic heterocycles. The summed E-state index contributed by atoms with van der Waals surface area (Å²) in [5, 5.41) is 15.3. The highest BCUT2D eigenvalue weighted by molar-refractivity contribution is 7.99. The van der Waals surface area contributed by atoms with Gasteiger partial charge in [-0.1, -0.05) is 78.2 Å². The van der Waals surface area contributed by atoms with E-state index in [-0.39, 0.29) is 17.9 Å². The lowest BCUT2D eigenvalue weighted by atomic mass is 10.0. The first-order valence-corrected chi connectivity index (χ1v) is 15.5. The number of aliphatic carboxylic acids is 1. The quantitative estimate of drug-likeness (QED) is 0.103. The van der Waals surface area contributed by atoms with Gasteiger partial charge in [0.1, 0.15) is 0 Å². The molecule has 0 aliphatic carbocycles. The van der Waals surface area contributed by atoms with Crippen LogP contribution in [0.15, 0.2) is 12.3 Å². The van der Waals surface area contributed by atoms with E-state index in [9.17, 15) is 9.59 Å². The maximum atomic E-state index is 12.0. The molecule has 0 spiro atoms. The molecule has 1 amide bonds. The molecule has 3 N–H and O–H groups in total. The Balaban J connectivity index is 3.48. The molecular formula is C29H56N2O3S. The van der Waals surface area contributed by atoms with Crippen molar-refractivity contribution in [3.8, 4) is 0 Å². The predicted octanol–water partition coefficient (Wildman–Crippen LogP) is 7.70. The monoisotopic (exact) mass is 512 g/mol. The molecule has 2 atom stereocenters. The summed E-state index contributed by atoms with van der Waals surface area (Å²) in [5.41, 5.74) is 1.08. The van der Waals surface area contributed by atoms with Crippen LogP contribution in [0.3, 0.4) is 0 Å². The molecule has 0 aromatic carbocycles. The molecule has 206 valence electrons.